The molecule has 100 valence electrons. The van der Waals surface area contributed by atoms with E-state index in [1.165, 1.54) is 6.07 Å². The highest BCUT2D eigenvalue weighted by Crippen LogP contribution is 2.49. The smallest absolute Gasteiger partial charge is 0.294 e. The molecule has 6 heteroatoms. The average molecular weight is 261 g/mol. The molecule has 1 fully saturated rings. The van der Waals surface area contributed by atoms with Crippen molar-refractivity contribution in [2.75, 3.05) is 11.1 Å². The molecular weight excluding hydrogens is 246 g/mol. The molecule has 1 aliphatic heterocycles. The Morgan fingerprint density at radius 2 is 1.95 bits per heavy atom. The third-order valence-electron chi connectivity index (χ3n) is 4.27. The number of anilines is 2. The molecule has 19 heavy (non-hydrogen) atoms. The number of amides is 1. The minimum Gasteiger partial charge on any atom is -0.393 e. The third kappa shape index (κ3) is 1.59. The molecule has 0 aromatic heterocycles. The van der Waals surface area contributed by atoms with Crippen molar-refractivity contribution in [2.45, 2.75) is 37.5 Å². The summed E-state index contributed by atoms with van der Waals surface area (Å²) >= 11 is 0. The molecule has 1 aliphatic carbocycles. The Hall–Kier alpha value is -2.11. The Morgan fingerprint density at radius 3 is 2.58 bits per heavy atom. The predicted octanol–water partition coefficient (Wildman–Crippen LogP) is 2.33. The van der Waals surface area contributed by atoms with Gasteiger partial charge in [0.2, 0.25) is 5.91 Å². The molecule has 3 N–H and O–H groups in total. The fourth-order valence-electron chi connectivity index (χ4n) is 3.28. The highest BCUT2D eigenvalue weighted by Gasteiger charge is 2.47. The number of benzene rings is 1. The lowest BCUT2D eigenvalue weighted by Gasteiger charge is -2.31. The summed E-state index contributed by atoms with van der Waals surface area (Å²) in [6.07, 6.45) is 4.73. The van der Waals surface area contributed by atoms with Gasteiger partial charge in [-0.1, -0.05) is 19.3 Å². The summed E-state index contributed by atoms with van der Waals surface area (Å²) in [5.74, 6) is -0.0397. The maximum absolute atomic E-state index is 12.3. The van der Waals surface area contributed by atoms with Crippen LogP contribution in [0.15, 0.2) is 12.1 Å². The van der Waals surface area contributed by atoms with Crippen LogP contribution in [0.25, 0.3) is 0 Å². The molecule has 0 saturated heterocycles. The van der Waals surface area contributed by atoms with Crippen LogP contribution in [0.1, 0.15) is 37.7 Å². The van der Waals surface area contributed by atoms with Gasteiger partial charge >= 0.3 is 0 Å². The number of nitro groups is 1. The van der Waals surface area contributed by atoms with E-state index in [9.17, 15) is 14.9 Å². The molecule has 2 aliphatic rings. The van der Waals surface area contributed by atoms with Crippen LogP contribution in [-0.2, 0) is 10.2 Å². The van der Waals surface area contributed by atoms with E-state index in [4.69, 9.17) is 5.73 Å². The molecule has 0 bridgehead atoms. The van der Waals surface area contributed by atoms with E-state index in [1.807, 2.05) is 0 Å². The summed E-state index contributed by atoms with van der Waals surface area (Å²) in [6.45, 7) is 0. The molecular formula is C13H15N3O3. The quantitative estimate of drug-likeness (QED) is 0.460. The van der Waals surface area contributed by atoms with Gasteiger partial charge in [0, 0.05) is 6.07 Å². The number of rotatable bonds is 1. The number of nitrogens with zero attached hydrogens (tertiary/aromatic N) is 1. The van der Waals surface area contributed by atoms with Crippen LogP contribution in [-0.4, -0.2) is 10.8 Å². The number of nitrogens with two attached hydrogens (primary N) is 1. The van der Waals surface area contributed by atoms with E-state index in [2.05, 4.69) is 5.32 Å². The van der Waals surface area contributed by atoms with E-state index in [-0.39, 0.29) is 17.3 Å². The summed E-state index contributed by atoms with van der Waals surface area (Å²) in [4.78, 5) is 22.6. The van der Waals surface area contributed by atoms with E-state index in [0.29, 0.717) is 5.69 Å². The minimum absolute atomic E-state index is 0.0397. The Balaban J connectivity index is 2.14. The van der Waals surface area contributed by atoms with Crippen molar-refractivity contribution >= 4 is 23.0 Å². The third-order valence-corrected chi connectivity index (χ3v) is 4.27. The Morgan fingerprint density at radius 1 is 1.26 bits per heavy atom. The Labute approximate surface area is 110 Å². The van der Waals surface area contributed by atoms with Crippen LogP contribution in [0.2, 0.25) is 0 Å². The summed E-state index contributed by atoms with van der Waals surface area (Å²) in [5.41, 5.74) is 6.60. The van der Waals surface area contributed by atoms with Gasteiger partial charge in [-0.2, -0.15) is 0 Å². The van der Waals surface area contributed by atoms with Gasteiger partial charge in [-0.3, -0.25) is 14.9 Å². The lowest BCUT2D eigenvalue weighted by atomic mass is 9.70. The van der Waals surface area contributed by atoms with Crippen LogP contribution < -0.4 is 11.1 Å². The van der Waals surface area contributed by atoms with Gasteiger partial charge in [-0.25, -0.2) is 0 Å². The number of nitrogen functional groups attached to an aromatic ring is 1. The second-order valence-corrected chi connectivity index (χ2v) is 5.31. The zero-order valence-electron chi connectivity index (χ0n) is 10.4. The summed E-state index contributed by atoms with van der Waals surface area (Å²) in [7, 11) is 0. The summed E-state index contributed by atoms with van der Waals surface area (Å²) in [6, 6.07) is 2.99. The SMILES string of the molecule is Nc1cc2c(cc1[N+](=O)[O-])NC(=O)C21CCCCC1. The highest BCUT2D eigenvalue weighted by atomic mass is 16.6. The predicted molar refractivity (Wildman–Crippen MR) is 70.9 cm³/mol. The van der Waals surface area contributed by atoms with Crippen LogP contribution in [0, 0.1) is 10.1 Å². The normalized spacial score (nSPS) is 20.1. The lowest BCUT2D eigenvalue weighted by molar-refractivity contribution is -0.383. The number of carbonyl (C=O) groups is 1. The standard InChI is InChI=1S/C13H15N3O3/c14-9-6-8-10(7-11(9)16(18)19)15-12(17)13(8)4-2-1-3-5-13/h6-7H,1-5,14H2,(H,15,17). The first-order valence-electron chi connectivity index (χ1n) is 6.44. The van der Waals surface area contributed by atoms with Crippen LogP contribution in [0.4, 0.5) is 17.1 Å². The van der Waals surface area contributed by atoms with Gasteiger partial charge in [0.25, 0.3) is 5.69 Å². The van der Waals surface area contributed by atoms with Gasteiger partial charge in [-0.15, -0.1) is 0 Å². The topological polar surface area (TPSA) is 98.3 Å². The molecule has 1 heterocycles. The van der Waals surface area contributed by atoms with Crippen molar-refractivity contribution in [3.05, 3.63) is 27.8 Å². The number of fused-ring (bicyclic) bond motifs is 2. The Bertz CT molecular complexity index is 577. The van der Waals surface area contributed by atoms with Crippen molar-refractivity contribution in [1.82, 2.24) is 0 Å². The number of hydrogen-bond acceptors (Lipinski definition) is 4. The van der Waals surface area contributed by atoms with E-state index >= 15 is 0 Å². The maximum atomic E-state index is 12.3. The molecule has 6 nitrogen and oxygen atoms in total. The molecule has 0 unspecified atom stereocenters. The molecule has 0 radical (unpaired) electrons. The first-order valence-corrected chi connectivity index (χ1v) is 6.44. The van der Waals surface area contributed by atoms with Crippen molar-refractivity contribution in [1.29, 1.82) is 0 Å². The molecule has 1 aromatic rings. The first-order chi connectivity index (χ1) is 9.04. The van der Waals surface area contributed by atoms with E-state index < -0.39 is 10.3 Å². The van der Waals surface area contributed by atoms with Crippen molar-refractivity contribution < 1.29 is 9.72 Å². The zero-order valence-corrected chi connectivity index (χ0v) is 10.4. The molecule has 3 rings (SSSR count). The average Bonchev–Trinajstić information content (AvgIpc) is 2.63. The van der Waals surface area contributed by atoms with Crippen LogP contribution in [0.3, 0.4) is 0 Å². The van der Waals surface area contributed by atoms with E-state index in [1.54, 1.807) is 6.07 Å². The summed E-state index contributed by atoms with van der Waals surface area (Å²) in [5, 5.41) is 13.7. The molecule has 1 saturated carbocycles. The number of nitrogens with one attached hydrogen (secondary N) is 1. The van der Waals surface area contributed by atoms with E-state index in [0.717, 1.165) is 37.7 Å². The molecule has 1 aromatic carbocycles. The lowest BCUT2D eigenvalue weighted by Crippen LogP contribution is -2.36. The number of nitro benzene ring substituents is 1. The minimum atomic E-state index is -0.520. The van der Waals surface area contributed by atoms with Crippen LogP contribution >= 0.6 is 0 Å². The van der Waals surface area contributed by atoms with Gasteiger partial charge in [0.05, 0.1) is 16.0 Å². The zero-order chi connectivity index (χ0) is 13.6. The Kier molecular flexibility index (Phi) is 2.48. The van der Waals surface area contributed by atoms with Gasteiger partial charge in [-0.05, 0) is 24.5 Å². The van der Waals surface area contributed by atoms with Crippen LogP contribution in [0.5, 0.6) is 0 Å². The molecule has 1 amide bonds. The number of carbonyl (C=O) groups excluding carboxylic acids is 1. The van der Waals surface area contributed by atoms with Crippen molar-refractivity contribution in [3.63, 3.8) is 0 Å². The summed E-state index contributed by atoms with van der Waals surface area (Å²) < 4.78 is 0. The van der Waals surface area contributed by atoms with Crippen molar-refractivity contribution in [3.8, 4) is 0 Å². The number of hydrogen-bond donors (Lipinski definition) is 2. The fourth-order valence-corrected chi connectivity index (χ4v) is 3.28. The van der Waals surface area contributed by atoms with Crippen molar-refractivity contribution in [2.24, 2.45) is 0 Å². The molecule has 1 spiro atoms. The maximum Gasteiger partial charge on any atom is 0.294 e. The monoisotopic (exact) mass is 261 g/mol. The molecule has 0 atom stereocenters. The second-order valence-electron chi connectivity index (χ2n) is 5.31. The van der Waals surface area contributed by atoms with Gasteiger partial charge < -0.3 is 11.1 Å². The van der Waals surface area contributed by atoms with Gasteiger partial charge in [0.1, 0.15) is 5.69 Å². The first kappa shape index (κ1) is 12.0. The largest absolute Gasteiger partial charge is 0.393 e. The highest BCUT2D eigenvalue weighted by molar-refractivity contribution is 6.07. The second kappa shape index (κ2) is 3.94. The fraction of sp³-hybridized carbons (Fsp3) is 0.462. The van der Waals surface area contributed by atoms with Gasteiger partial charge in [0.15, 0.2) is 0 Å².